The summed E-state index contributed by atoms with van der Waals surface area (Å²) in [6, 6.07) is 0. The molecule has 0 aliphatic carbocycles. The molecule has 0 aromatic heterocycles. The van der Waals surface area contributed by atoms with Crippen molar-refractivity contribution in [3.63, 3.8) is 0 Å². The monoisotopic (exact) mass is 214 g/mol. The third-order valence-corrected chi connectivity index (χ3v) is 2.19. The molecule has 1 amide bonds. The summed E-state index contributed by atoms with van der Waals surface area (Å²) in [6.07, 6.45) is 2.65. The molecule has 88 valence electrons. The molecule has 0 fully saturated rings. The molecular formula is C11H22N2O2. The van der Waals surface area contributed by atoms with Gasteiger partial charge >= 0.3 is 0 Å². The zero-order chi connectivity index (χ0) is 11.7. The first-order valence-electron chi connectivity index (χ1n) is 5.20. The molecule has 0 heterocycles. The van der Waals surface area contributed by atoms with Gasteiger partial charge < -0.3 is 15.4 Å². The van der Waals surface area contributed by atoms with Crippen molar-refractivity contribution in [1.82, 2.24) is 10.6 Å². The van der Waals surface area contributed by atoms with Crippen LogP contribution in [-0.4, -0.2) is 38.3 Å². The quantitative estimate of drug-likeness (QED) is 0.462. The van der Waals surface area contributed by atoms with E-state index in [1.165, 1.54) is 0 Å². The molecule has 0 aliphatic rings. The number of carbonyl (C=O) groups is 1. The third-order valence-electron chi connectivity index (χ3n) is 2.19. The summed E-state index contributed by atoms with van der Waals surface area (Å²) in [5, 5.41) is 5.73. The molecule has 2 N–H and O–H groups in total. The number of nitrogens with one attached hydrogen (secondary N) is 2. The molecule has 4 nitrogen and oxygen atoms in total. The summed E-state index contributed by atoms with van der Waals surface area (Å²) in [4.78, 5) is 11.5. The highest BCUT2D eigenvalue weighted by Gasteiger charge is 2.24. The number of amides is 1. The van der Waals surface area contributed by atoms with E-state index in [4.69, 9.17) is 4.74 Å². The van der Waals surface area contributed by atoms with E-state index in [0.29, 0.717) is 19.8 Å². The smallest absolute Gasteiger partial charge is 0.239 e. The Kier molecular flexibility index (Phi) is 6.99. The Morgan fingerprint density at radius 1 is 1.47 bits per heavy atom. The van der Waals surface area contributed by atoms with Crippen molar-refractivity contribution in [2.24, 2.45) is 0 Å². The first-order valence-corrected chi connectivity index (χ1v) is 5.20. The van der Waals surface area contributed by atoms with Gasteiger partial charge in [-0.1, -0.05) is 6.08 Å². The second-order valence-electron chi connectivity index (χ2n) is 3.82. The lowest BCUT2D eigenvalue weighted by Gasteiger charge is -2.22. The predicted molar refractivity (Wildman–Crippen MR) is 61.8 cm³/mol. The second-order valence-corrected chi connectivity index (χ2v) is 3.82. The van der Waals surface area contributed by atoms with Crippen LogP contribution in [0.1, 0.15) is 20.3 Å². The molecule has 0 saturated heterocycles. The van der Waals surface area contributed by atoms with Gasteiger partial charge in [0.05, 0.1) is 18.8 Å². The van der Waals surface area contributed by atoms with Gasteiger partial charge in [0.1, 0.15) is 0 Å². The highest BCUT2D eigenvalue weighted by molar-refractivity contribution is 5.85. The van der Waals surface area contributed by atoms with Crippen molar-refractivity contribution in [3.8, 4) is 0 Å². The highest BCUT2D eigenvalue weighted by Crippen LogP contribution is 1.99. The summed E-state index contributed by atoms with van der Waals surface area (Å²) in [5.74, 6) is -0.0164. The molecule has 0 atom stereocenters. The Morgan fingerprint density at radius 2 is 2.13 bits per heavy atom. The number of rotatable bonds is 8. The molecule has 0 unspecified atom stereocenters. The Hall–Kier alpha value is -0.870. The van der Waals surface area contributed by atoms with Gasteiger partial charge in [0.25, 0.3) is 0 Å². The van der Waals surface area contributed by atoms with Gasteiger partial charge in [-0.3, -0.25) is 4.79 Å². The number of ether oxygens (including phenoxy) is 1. The van der Waals surface area contributed by atoms with E-state index in [1.54, 1.807) is 7.05 Å². The van der Waals surface area contributed by atoms with Crippen LogP contribution in [0.15, 0.2) is 12.7 Å². The molecule has 0 aromatic rings. The lowest BCUT2D eigenvalue weighted by atomic mass is 10.1. The van der Waals surface area contributed by atoms with Crippen LogP contribution >= 0.6 is 0 Å². The molecule has 0 spiro atoms. The van der Waals surface area contributed by atoms with Crippen LogP contribution in [0.4, 0.5) is 0 Å². The van der Waals surface area contributed by atoms with Crippen molar-refractivity contribution in [3.05, 3.63) is 12.7 Å². The van der Waals surface area contributed by atoms with Gasteiger partial charge in [0.15, 0.2) is 0 Å². The summed E-state index contributed by atoms with van der Waals surface area (Å²) >= 11 is 0. The Morgan fingerprint density at radius 3 is 2.67 bits per heavy atom. The van der Waals surface area contributed by atoms with Crippen LogP contribution in [-0.2, 0) is 9.53 Å². The number of likely N-dealkylation sites (N-methyl/N-ethyl adjacent to an activating group) is 1. The summed E-state index contributed by atoms with van der Waals surface area (Å²) in [6.45, 7) is 9.01. The molecule has 0 aromatic carbocycles. The highest BCUT2D eigenvalue weighted by atomic mass is 16.5. The normalized spacial score (nSPS) is 11.1. The average Bonchev–Trinajstić information content (AvgIpc) is 2.22. The minimum atomic E-state index is -0.527. The van der Waals surface area contributed by atoms with E-state index in [1.807, 2.05) is 19.9 Å². The lowest BCUT2D eigenvalue weighted by molar-refractivity contribution is -0.126. The van der Waals surface area contributed by atoms with Gasteiger partial charge in [-0.25, -0.2) is 0 Å². The fourth-order valence-electron chi connectivity index (χ4n) is 0.840. The maximum Gasteiger partial charge on any atom is 0.239 e. The lowest BCUT2D eigenvalue weighted by Crippen LogP contribution is -2.51. The van der Waals surface area contributed by atoms with Crippen molar-refractivity contribution < 1.29 is 9.53 Å². The molecule has 0 radical (unpaired) electrons. The van der Waals surface area contributed by atoms with Crippen LogP contribution in [0.25, 0.3) is 0 Å². The molecule has 15 heavy (non-hydrogen) atoms. The molecule has 4 heteroatoms. The van der Waals surface area contributed by atoms with Crippen LogP contribution < -0.4 is 10.6 Å². The van der Waals surface area contributed by atoms with Crippen LogP contribution in [0.5, 0.6) is 0 Å². The second kappa shape index (κ2) is 7.43. The standard InChI is InChI=1S/C11H22N2O2/c1-5-6-8-15-9-7-13-10(14)11(2,3)12-4/h5,12H,1,6-9H2,2-4H3,(H,13,14). The van der Waals surface area contributed by atoms with Crippen LogP contribution in [0.3, 0.4) is 0 Å². The predicted octanol–water partition coefficient (Wildman–Crippen LogP) is 0.693. The van der Waals surface area contributed by atoms with Crippen molar-refractivity contribution in [2.75, 3.05) is 26.8 Å². The molecule has 0 saturated carbocycles. The molecule has 0 aliphatic heterocycles. The van der Waals surface area contributed by atoms with Gasteiger partial charge in [0.2, 0.25) is 5.91 Å². The maximum absolute atomic E-state index is 11.5. The Balaban J connectivity index is 3.51. The number of carbonyl (C=O) groups excluding carboxylic acids is 1. The van der Waals surface area contributed by atoms with E-state index in [-0.39, 0.29) is 5.91 Å². The van der Waals surface area contributed by atoms with E-state index in [9.17, 15) is 4.79 Å². The maximum atomic E-state index is 11.5. The van der Waals surface area contributed by atoms with Gasteiger partial charge in [-0.15, -0.1) is 6.58 Å². The van der Waals surface area contributed by atoms with Crippen molar-refractivity contribution in [1.29, 1.82) is 0 Å². The zero-order valence-corrected chi connectivity index (χ0v) is 9.93. The Labute approximate surface area is 92.1 Å². The number of hydrogen-bond acceptors (Lipinski definition) is 3. The first-order chi connectivity index (χ1) is 7.04. The van der Waals surface area contributed by atoms with E-state index in [0.717, 1.165) is 6.42 Å². The van der Waals surface area contributed by atoms with E-state index < -0.39 is 5.54 Å². The molecule has 0 bridgehead atoms. The number of hydrogen-bond donors (Lipinski definition) is 2. The van der Waals surface area contributed by atoms with E-state index in [2.05, 4.69) is 17.2 Å². The third kappa shape index (κ3) is 6.25. The van der Waals surface area contributed by atoms with Gasteiger partial charge in [-0.2, -0.15) is 0 Å². The fourth-order valence-corrected chi connectivity index (χ4v) is 0.840. The largest absolute Gasteiger partial charge is 0.379 e. The zero-order valence-electron chi connectivity index (χ0n) is 9.93. The molecule has 0 rings (SSSR count). The van der Waals surface area contributed by atoms with Crippen molar-refractivity contribution in [2.45, 2.75) is 25.8 Å². The average molecular weight is 214 g/mol. The fraction of sp³-hybridized carbons (Fsp3) is 0.727. The van der Waals surface area contributed by atoms with E-state index >= 15 is 0 Å². The Bertz CT molecular complexity index is 203. The SMILES string of the molecule is C=CCCOCCNC(=O)C(C)(C)NC. The summed E-state index contributed by atoms with van der Waals surface area (Å²) in [7, 11) is 1.76. The van der Waals surface area contributed by atoms with Crippen LogP contribution in [0.2, 0.25) is 0 Å². The van der Waals surface area contributed by atoms with Crippen LogP contribution in [0, 0.1) is 0 Å². The minimum absolute atomic E-state index is 0.0164. The minimum Gasteiger partial charge on any atom is -0.379 e. The first kappa shape index (κ1) is 14.1. The summed E-state index contributed by atoms with van der Waals surface area (Å²) in [5.41, 5.74) is -0.527. The topological polar surface area (TPSA) is 50.4 Å². The van der Waals surface area contributed by atoms with Gasteiger partial charge in [-0.05, 0) is 27.3 Å². The van der Waals surface area contributed by atoms with Crippen molar-refractivity contribution >= 4 is 5.91 Å². The molecular weight excluding hydrogens is 192 g/mol. The van der Waals surface area contributed by atoms with Gasteiger partial charge in [0, 0.05) is 6.54 Å². The summed E-state index contributed by atoms with van der Waals surface area (Å²) < 4.78 is 5.26.